The standard InChI is InChI=1S/C26H24F2N4O3/c1-16-8-19(13-29-11-16)18-5-6-21(20-14-31-32(2)15-20)22(10-18)25(33)30-12-17-4-7-23(35-26(27)28)24(9-17)34-3/h4-11,13-15,26H,12H2,1-3H3,(H,30,33). The van der Waals surface area contributed by atoms with E-state index in [-0.39, 0.29) is 24.0 Å². The molecule has 0 bridgehead atoms. The molecule has 0 aliphatic rings. The fraction of sp³-hybridized carbons (Fsp3) is 0.192. The number of rotatable bonds is 8. The largest absolute Gasteiger partial charge is 0.493 e. The molecule has 180 valence electrons. The number of methoxy groups -OCH3 is 1. The molecule has 7 nitrogen and oxygen atoms in total. The number of amides is 1. The number of benzene rings is 2. The molecule has 4 aromatic rings. The maximum atomic E-state index is 13.3. The molecule has 0 spiro atoms. The fourth-order valence-electron chi connectivity index (χ4n) is 3.73. The molecule has 2 aromatic carbocycles. The smallest absolute Gasteiger partial charge is 0.387 e. The zero-order valence-corrected chi connectivity index (χ0v) is 19.5. The van der Waals surface area contributed by atoms with Crippen molar-refractivity contribution in [2.75, 3.05) is 7.11 Å². The Bertz CT molecular complexity index is 1350. The maximum absolute atomic E-state index is 13.3. The van der Waals surface area contributed by atoms with Gasteiger partial charge in [-0.1, -0.05) is 18.2 Å². The Morgan fingerprint density at radius 1 is 1.03 bits per heavy atom. The number of halogens is 2. The van der Waals surface area contributed by atoms with Gasteiger partial charge in [0.15, 0.2) is 11.5 Å². The number of aryl methyl sites for hydroxylation is 2. The van der Waals surface area contributed by atoms with Crippen LogP contribution in [0.3, 0.4) is 0 Å². The van der Waals surface area contributed by atoms with Crippen molar-refractivity contribution >= 4 is 5.91 Å². The SMILES string of the molecule is COc1cc(CNC(=O)c2cc(-c3cncc(C)c3)ccc2-c2cnn(C)c2)ccc1OC(F)F. The first kappa shape index (κ1) is 23.9. The normalized spacial score (nSPS) is 10.9. The molecule has 2 heterocycles. The van der Waals surface area contributed by atoms with Crippen LogP contribution in [0.5, 0.6) is 11.5 Å². The van der Waals surface area contributed by atoms with Crippen molar-refractivity contribution in [3.8, 4) is 33.8 Å². The lowest BCUT2D eigenvalue weighted by atomic mass is 9.96. The Balaban J connectivity index is 1.63. The Morgan fingerprint density at radius 2 is 1.86 bits per heavy atom. The lowest BCUT2D eigenvalue weighted by Gasteiger charge is -2.14. The average molecular weight is 478 g/mol. The van der Waals surface area contributed by atoms with Crippen LogP contribution in [0.15, 0.2) is 67.3 Å². The van der Waals surface area contributed by atoms with Gasteiger partial charge >= 0.3 is 6.61 Å². The summed E-state index contributed by atoms with van der Waals surface area (Å²) in [6.07, 6.45) is 7.06. The Kier molecular flexibility index (Phi) is 7.05. The number of ether oxygens (including phenoxy) is 2. The van der Waals surface area contributed by atoms with E-state index in [2.05, 4.69) is 20.1 Å². The second-order valence-corrected chi connectivity index (χ2v) is 7.96. The van der Waals surface area contributed by atoms with Gasteiger partial charge in [0.1, 0.15) is 0 Å². The molecule has 35 heavy (non-hydrogen) atoms. The molecule has 0 saturated carbocycles. The number of aromatic nitrogens is 3. The number of nitrogens with one attached hydrogen (secondary N) is 1. The van der Waals surface area contributed by atoms with E-state index < -0.39 is 6.61 Å². The van der Waals surface area contributed by atoms with Crippen LogP contribution in [0.4, 0.5) is 8.78 Å². The van der Waals surface area contributed by atoms with Crippen molar-refractivity contribution in [3.63, 3.8) is 0 Å². The molecular formula is C26H24F2N4O3. The number of hydrogen-bond donors (Lipinski definition) is 1. The van der Waals surface area contributed by atoms with Gasteiger partial charge in [-0.05, 0) is 53.4 Å². The van der Waals surface area contributed by atoms with Gasteiger partial charge < -0.3 is 14.8 Å². The highest BCUT2D eigenvalue weighted by molar-refractivity contribution is 6.02. The summed E-state index contributed by atoms with van der Waals surface area (Å²) >= 11 is 0. The van der Waals surface area contributed by atoms with Gasteiger partial charge in [0.25, 0.3) is 5.91 Å². The lowest BCUT2D eigenvalue weighted by molar-refractivity contribution is -0.0512. The summed E-state index contributed by atoms with van der Waals surface area (Å²) in [7, 11) is 3.17. The number of carbonyl (C=O) groups excluding carboxylic acids is 1. The van der Waals surface area contributed by atoms with Crippen LogP contribution < -0.4 is 14.8 Å². The molecular weight excluding hydrogens is 454 g/mol. The molecule has 0 atom stereocenters. The number of hydrogen-bond acceptors (Lipinski definition) is 5. The highest BCUT2D eigenvalue weighted by Crippen LogP contribution is 2.31. The summed E-state index contributed by atoms with van der Waals surface area (Å²) in [6.45, 7) is -0.844. The van der Waals surface area contributed by atoms with E-state index in [0.717, 1.165) is 27.8 Å². The van der Waals surface area contributed by atoms with Gasteiger partial charge in [0.2, 0.25) is 0 Å². The number of pyridine rings is 1. The second-order valence-electron chi connectivity index (χ2n) is 7.96. The van der Waals surface area contributed by atoms with Crippen LogP contribution in [0.2, 0.25) is 0 Å². The van der Waals surface area contributed by atoms with Gasteiger partial charge in [-0.15, -0.1) is 0 Å². The molecule has 0 saturated heterocycles. The molecule has 0 aliphatic carbocycles. The first-order valence-corrected chi connectivity index (χ1v) is 10.8. The topological polar surface area (TPSA) is 78.3 Å². The van der Waals surface area contributed by atoms with E-state index in [0.29, 0.717) is 11.1 Å². The predicted molar refractivity (Wildman–Crippen MR) is 127 cm³/mol. The minimum Gasteiger partial charge on any atom is -0.493 e. The van der Waals surface area contributed by atoms with Crippen LogP contribution in [0, 0.1) is 6.92 Å². The molecule has 0 fully saturated rings. The Labute approximate surface area is 201 Å². The second kappa shape index (κ2) is 10.3. The third-order valence-corrected chi connectivity index (χ3v) is 5.39. The van der Waals surface area contributed by atoms with E-state index in [1.165, 1.54) is 13.2 Å². The molecule has 0 aliphatic heterocycles. The molecule has 4 rings (SSSR count). The van der Waals surface area contributed by atoms with Crippen LogP contribution in [-0.4, -0.2) is 34.4 Å². The van der Waals surface area contributed by atoms with Gasteiger partial charge in [-0.2, -0.15) is 13.9 Å². The van der Waals surface area contributed by atoms with E-state index >= 15 is 0 Å². The van der Waals surface area contributed by atoms with E-state index in [9.17, 15) is 13.6 Å². The highest BCUT2D eigenvalue weighted by Gasteiger charge is 2.17. The van der Waals surface area contributed by atoms with Crippen molar-refractivity contribution < 1.29 is 23.0 Å². The fourth-order valence-corrected chi connectivity index (χ4v) is 3.73. The van der Waals surface area contributed by atoms with Gasteiger partial charge in [0.05, 0.1) is 13.3 Å². The van der Waals surface area contributed by atoms with Crippen molar-refractivity contribution in [1.29, 1.82) is 0 Å². The van der Waals surface area contributed by atoms with Gasteiger partial charge in [0, 0.05) is 48.9 Å². The van der Waals surface area contributed by atoms with Crippen LogP contribution in [-0.2, 0) is 13.6 Å². The molecule has 0 radical (unpaired) electrons. The minimum absolute atomic E-state index is 0.0732. The Morgan fingerprint density at radius 3 is 2.54 bits per heavy atom. The van der Waals surface area contributed by atoms with E-state index in [4.69, 9.17) is 4.74 Å². The quantitative estimate of drug-likeness (QED) is 0.386. The van der Waals surface area contributed by atoms with Crippen LogP contribution in [0.25, 0.3) is 22.3 Å². The lowest BCUT2D eigenvalue weighted by Crippen LogP contribution is -2.23. The monoisotopic (exact) mass is 478 g/mol. The number of nitrogens with zero attached hydrogens (tertiary/aromatic N) is 3. The molecule has 2 aromatic heterocycles. The molecule has 1 amide bonds. The predicted octanol–water partition coefficient (Wildman–Crippen LogP) is 5.00. The average Bonchev–Trinajstić information content (AvgIpc) is 3.28. The van der Waals surface area contributed by atoms with Crippen molar-refractivity contribution in [1.82, 2.24) is 20.1 Å². The first-order chi connectivity index (χ1) is 16.8. The van der Waals surface area contributed by atoms with Crippen molar-refractivity contribution in [2.45, 2.75) is 20.1 Å². The number of carbonyl (C=O) groups is 1. The first-order valence-electron chi connectivity index (χ1n) is 10.8. The third kappa shape index (κ3) is 5.63. The van der Waals surface area contributed by atoms with E-state index in [1.807, 2.05) is 44.4 Å². The number of alkyl halides is 2. The highest BCUT2D eigenvalue weighted by atomic mass is 19.3. The van der Waals surface area contributed by atoms with E-state index in [1.54, 1.807) is 35.4 Å². The summed E-state index contributed by atoms with van der Waals surface area (Å²) in [4.78, 5) is 17.6. The summed E-state index contributed by atoms with van der Waals surface area (Å²) in [5, 5.41) is 7.13. The maximum Gasteiger partial charge on any atom is 0.387 e. The Hall–Kier alpha value is -4.27. The zero-order valence-electron chi connectivity index (χ0n) is 19.5. The van der Waals surface area contributed by atoms with Crippen LogP contribution >= 0.6 is 0 Å². The minimum atomic E-state index is -2.96. The molecule has 9 heteroatoms. The van der Waals surface area contributed by atoms with Gasteiger partial charge in [-0.3, -0.25) is 14.5 Å². The summed E-state index contributed by atoms with van der Waals surface area (Å²) in [5.74, 6) is -0.212. The summed E-state index contributed by atoms with van der Waals surface area (Å²) < 4.78 is 36.5. The third-order valence-electron chi connectivity index (χ3n) is 5.39. The van der Waals surface area contributed by atoms with Crippen molar-refractivity contribution in [2.24, 2.45) is 7.05 Å². The zero-order chi connectivity index (χ0) is 24.9. The van der Waals surface area contributed by atoms with Gasteiger partial charge in [-0.25, -0.2) is 0 Å². The van der Waals surface area contributed by atoms with Crippen LogP contribution in [0.1, 0.15) is 21.5 Å². The summed E-state index contributed by atoms with van der Waals surface area (Å²) in [5.41, 5.74) is 5.45. The summed E-state index contributed by atoms with van der Waals surface area (Å²) in [6, 6.07) is 12.2. The molecule has 0 unspecified atom stereocenters. The molecule has 1 N–H and O–H groups in total. The van der Waals surface area contributed by atoms with Crippen molar-refractivity contribution in [3.05, 3.63) is 83.9 Å².